The largest absolute Gasteiger partial charge is 0.376 e. The molecule has 0 aromatic rings. The van der Waals surface area contributed by atoms with Gasteiger partial charge in [-0.1, -0.05) is 27.2 Å². The molecule has 0 spiro atoms. The van der Waals surface area contributed by atoms with Crippen LogP contribution in [-0.2, 0) is 4.74 Å². The number of nitrogens with zero attached hydrogens (tertiary/aromatic N) is 10. The van der Waals surface area contributed by atoms with E-state index in [9.17, 15) is 0 Å². The molecule has 0 radical (unpaired) electrons. The average Bonchev–Trinajstić information content (AvgIpc) is 4.05. The maximum absolute atomic E-state index is 5.31. The molecule has 0 aromatic carbocycles. The lowest BCUT2D eigenvalue weighted by Gasteiger charge is -2.34. The summed E-state index contributed by atoms with van der Waals surface area (Å²) >= 11 is 6.11. The lowest BCUT2D eigenvalue weighted by Crippen LogP contribution is -2.42. The van der Waals surface area contributed by atoms with Crippen molar-refractivity contribution >= 4 is 35.3 Å². The fourth-order valence-electron chi connectivity index (χ4n) is 9.70. The zero-order valence-corrected chi connectivity index (χ0v) is 54.8. The molecule has 10 fully saturated rings. The summed E-state index contributed by atoms with van der Waals surface area (Å²) in [5.74, 6) is 9.51. The summed E-state index contributed by atoms with van der Waals surface area (Å²) in [6.45, 7) is 39.8. The van der Waals surface area contributed by atoms with Crippen molar-refractivity contribution in [3.05, 3.63) is 0 Å². The highest BCUT2D eigenvalue weighted by atomic mass is 32.2. The zero-order valence-electron chi connectivity index (χ0n) is 52.4. The number of hydrogen-bond donors (Lipinski definition) is 0. The van der Waals surface area contributed by atoms with Crippen molar-refractivity contribution < 1.29 is 4.74 Å². The molecule has 1 aliphatic carbocycles. The van der Waals surface area contributed by atoms with E-state index in [1.165, 1.54) is 165 Å². The summed E-state index contributed by atoms with van der Waals surface area (Å²) in [6.07, 6.45) is 14.7. The van der Waals surface area contributed by atoms with Gasteiger partial charge < -0.3 is 43.9 Å². The van der Waals surface area contributed by atoms with Crippen LogP contribution in [0.5, 0.6) is 0 Å². The van der Waals surface area contributed by atoms with E-state index in [-0.39, 0.29) is 0 Å². The van der Waals surface area contributed by atoms with Crippen molar-refractivity contribution in [1.82, 2.24) is 49.0 Å². The smallest absolute Gasteiger partial charge is 0.0674 e. The second kappa shape index (κ2) is 42.5. The molecule has 14 heteroatoms. The van der Waals surface area contributed by atoms with E-state index in [0.717, 1.165) is 73.0 Å². The van der Waals surface area contributed by atoms with E-state index in [0.29, 0.717) is 6.10 Å². The average molecular weight is 1090 g/mol. The number of ether oxygens (including phenoxy) is 1. The van der Waals surface area contributed by atoms with Crippen molar-refractivity contribution in [3.8, 4) is 0 Å². The Labute approximate surface area is 470 Å². The van der Waals surface area contributed by atoms with Crippen LogP contribution in [0.3, 0.4) is 0 Å². The minimum Gasteiger partial charge on any atom is -0.376 e. The number of hydrogen-bond acceptors (Lipinski definition) is 14. The summed E-state index contributed by atoms with van der Waals surface area (Å²) in [7, 11) is 21.8. The number of rotatable bonds is 0. The van der Waals surface area contributed by atoms with Crippen LogP contribution in [0, 0.1) is 17.8 Å². The Morgan fingerprint density at radius 1 is 0.356 bits per heavy atom. The predicted octanol–water partition coefficient (Wildman–Crippen LogP) is 9.98. The first-order chi connectivity index (χ1) is 34.5. The van der Waals surface area contributed by atoms with Crippen LogP contribution in [-0.4, -0.2) is 282 Å². The SMILES string of the molecule is CC1CC(C)C1.CC1CCCCN1C.CC1CCCN(C)C1.CC1CCCN1C.CC1CCN1C.CC1CN(C)CCO1.CC1CSCCN1C.CC1CSCN1C.CC1SCCN1C.CN1CCN(C)CC1. The van der Waals surface area contributed by atoms with Gasteiger partial charge in [0.05, 0.1) is 18.1 Å². The zero-order chi connectivity index (χ0) is 54.9. The molecule has 0 aromatic heterocycles. The van der Waals surface area contributed by atoms with Crippen LogP contribution in [0.4, 0.5) is 0 Å². The highest BCUT2D eigenvalue weighted by molar-refractivity contribution is 8.00. The van der Waals surface area contributed by atoms with Gasteiger partial charge in [0, 0.05) is 118 Å². The fourth-order valence-corrected chi connectivity index (χ4v) is 13.2. The number of likely N-dealkylation sites (tertiary alicyclic amines) is 4. The topological polar surface area (TPSA) is 41.6 Å². The number of thioether (sulfide) groups is 3. The summed E-state index contributed by atoms with van der Waals surface area (Å²) in [4.78, 5) is 23.7. The van der Waals surface area contributed by atoms with Crippen molar-refractivity contribution in [2.45, 2.75) is 175 Å². The van der Waals surface area contributed by atoms with Gasteiger partial charge >= 0.3 is 0 Å². The quantitative estimate of drug-likeness (QED) is 0.231. The Bertz CT molecular complexity index is 1100. The Hall–Kier alpha value is 0.610. The van der Waals surface area contributed by atoms with Crippen LogP contribution >= 0.6 is 35.3 Å². The molecule has 73 heavy (non-hydrogen) atoms. The molecule has 438 valence electrons. The second-order valence-corrected chi connectivity index (χ2v) is 28.2. The third kappa shape index (κ3) is 36.5. The maximum atomic E-state index is 5.31. The minimum atomic E-state index is 0.439. The fraction of sp³-hybridized carbons (Fsp3) is 1.00. The lowest BCUT2D eigenvalue weighted by atomic mass is 9.78. The first kappa shape index (κ1) is 71.6. The summed E-state index contributed by atoms with van der Waals surface area (Å²) < 4.78 is 5.31. The predicted molar refractivity (Wildman–Crippen MR) is 334 cm³/mol. The molecule has 9 aliphatic heterocycles. The second-order valence-electron chi connectivity index (χ2n) is 24.6. The molecule has 0 N–H and O–H groups in total. The van der Waals surface area contributed by atoms with Gasteiger partial charge in [0.25, 0.3) is 0 Å². The van der Waals surface area contributed by atoms with Crippen molar-refractivity contribution in [2.75, 3.05) is 191 Å². The van der Waals surface area contributed by atoms with Gasteiger partial charge in [-0.05, 0) is 221 Å². The molecule has 0 amide bonds. The number of morpholine rings is 1. The summed E-state index contributed by atoms with van der Waals surface area (Å²) in [6, 6.07) is 4.16. The Morgan fingerprint density at radius 3 is 1.07 bits per heavy atom. The highest BCUT2D eigenvalue weighted by Gasteiger charge is 2.21. The third-order valence-electron chi connectivity index (χ3n) is 16.8. The maximum Gasteiger partial charge on any atom is 0.0674 e. The van der Waals surface area contributed by atoms with Gasteiger partial charge in [-0.15, -0.1) is 23.5 Å². The molecule has 10 aliphatic rings. The number of piperidine rings is 2. The molecule has 11 nitrogen and oxygen atoms in total. The Balaban J connectivity index is 0.000000406. The van der Waals surface area contributed by atoms with Gasteiger partial charge in [0.2, 0.25) is 0 Å². The molecule has 0 bridgehead atoms. The van der Waals surface area contributed by atoms with Gasteiger partial charge in [-0.2, -0.15) is 11.8 Å². The van der Waals surface area contributed by atoms with Gasteiger partial charge in [-0.3, -0.25) is 9.80 Å². The van der Waals surface area contributed by atoms with Crippen LogP contribution in [0.1, 0.15) is 133 Å². The van der Waals surface area contributed by atoms with Crippen molar-refractivity contribution in [2.24, 2.45) is 17.8 Å². The number of piperazine rings is 1. The van der Waals surface area contributed by atoms with Gasteiger partial charge in [0.15, 0.2) is 0 Å². The van der Waals surface area contributed by atoms with Gasteiger partial charge in [-0.25, -0.2) is 0 Å². The normalized spacial score (nSPS) is 33.9. The van der Waals surface area contributed by atoms with E-state index < -0.39 is 0 Å². The molecular weight excluding hydrogens is 961 g/mol. The third-order valence-corrected chi connectivity index (χ3v) is 20.6. The van der Waals surface area contributed by atoms with E-state index >= 15 is 0 Å². The Morgan fingerprint density at radius 2 is 0.836 bits per heavy atom. The van der Waals surface area contributed by atoms with E-state index in [1.54, 1.807) is 0 Å². The number of likely N-dealkylation sites (N-methyl/N-ethyl adjacent to an activating group) is 3. The van der Waals surface area contributed by atoms with Crippen LogP contribution in [0.15, 0.2) is 0 Å². The molecule has 8 atom stereocenters. The van der Waals surface area contributed by atoms with Crippen molar-refractivity contribution in [1.29, 1.82) is 0 Å². The standard InChI is InChI=1S/2C7H15N.C6H14N2.C6H13NO.C6H13NS.C6H13N.C6H12.2C5H11NS.C5H11N/c1-7-4-3-5-8(2)6-7;1-7-5-3-4-6-8(7)2;1-7-3-5-8(2)6-4-7;1-6-5-7(2)3-4-8-6;1-6-5-8-4-3-7(6)2;1-6-4-3-5-7(6)2;1-5-3-6(2)4-5;1-5-3-7-4-6(5)2;1-5-6(2)3-4-7-5;1-5-3-4-6(5)2/h2*7H,3-6H2,1-2H3;3-6H2,1-2H3;2*6H,3-5H2,1-2H3;6H,3-5H2,1-2H3;5-6H,3-4H2,1-2H3;2*5H,3-4H2,1-2H3;5H,3-4H2,1-2H3. The van der Waals surface area contributed by atoms with Crippen molar-refractivity contribution in [3.63, 3.8) is 0 Å². The van der Waals surface area contributed by atoms with Crippen LogP contribution in [0.2, 0.25) is 0 Å². The first-order valence-electron chi connectivity index (χ1n) is 29.8. The molecule has 9 saturated heterocycles. The summed E-state index contributed by atoms with van der Waals surface area (Å²) in [5.41, 5.74) is 0. The van der Waals surface area contributed by atoms with E-state index in [2.05, 4.69) is 200 Å². The van der Waals surface area contributed by atoms with Crippen LogP contribution in [0.25, 0.3) is 0 Å². The van der Waals surface area contributed by atoms with E-state index in [1.807, 2.05) is 23.5 Å². The lowest BCUT2D eigenvalue weighted by molar-refractivity contribution is -0.00861. The monoisotopic (exact) mass is 1090 g/mol. The van der Waals surface area contributed by atoms with E-state index in [4.69, 9.17) is 4.74 Å². The highest BCUT2D eigenvalue weighted by Crippen LogP contribution is 2.31. The summed E-state index contributed by atoms with van der Waals surface area (Å²) in [5, 5.41) is 0.764. The molecule has 8 unspecified atom stereocenters. The molecule has 10 rings (SSSR count). The minimum absolute atomic E-state index is 0.439. The molecular formula is C59H128N10OS3. The van der Waals surface area contributed by atoms with Crippen LogP contribution < -0.4 is 0 Å². The first-order valence-corrected chi connectivity index (χ1v) is 33.2. The molecule has 9 heterocycles. The molecule has 1 saturated carbocycles. The van der Waals surface area contributed by atoms with Gasteiger partial charge in [0.1, 0.15) is 0 Å². The Kier molecular flexibility index (Phi) is 41.7.